The van der Waals surface area contributed by atoms with E-state index in [1.165, 1.54) is 0 Å². The van der Waals surface area contributed by atoms with Crippen molar-refractivity contribution in [3.05, 3.63) is 52.4 Å². The fourth-order valence-electron chi connectivity index (χ4n) is 3.02. The lowest BCUT2D eigenvalue weighted by molar-refractivity contribution is -0.119. The van der Waals surface area contributed by atoms with E-state index in [0.29, 0.717) is 12.1 Å². The van der Waals surface area contributed by atoms with E-state index in [-0.39, 0.29) is 23.2 Å². The van der Waals surface area contributed by atoms with Crippen LogP contribution in [-0.2, 0) is 4.79 Å². The van der Waals surface area contributed by atoms with E-state index in [4.69, 9.17) is 11.5 Å². The summed E-state index contributed by atoms with van der Waals surface area (Å²) in [7, 11) is 0. The number of carbonyl (C=O) groups excluding carboxylic acids is 2. The summed E-state index contributed by atoms with van der Waals surface area (Å²) < 4.78 is 0. The minimum Gasteiger partial charge on any atom is -0.368 e. The molecule has 3 aromatic rings. The maximum atomic E-state index is 12.5. The average molecular weight is 409 g/mol. The van der Waals surface area contributed by atoms with Crippen LogP contribution in [-0.4, -0.2) is 32.8 Å². The van der Waals surface area contributed by atoms with E-state index < -0.39 is 23.4 Å². The molecule has 1 aromatic carbocycles. The second-order valence-corrected chi connectivity index (χ2v) is 7.27. The molecular weight excluding hydrogens is 386 g/mol. The molecule has 0 aliphatic heterocycles. The first-order valence-corrected chi connectivity index (χ1v) is 9.36. The van der Waals surface area contributed by atoms with Gasteiger partial charge in [-0.3, -0.25) is 24.4 Å². The van der Waals surface area contributed by atoms with Crippen LogP contribution in [0.15, 0.2) is 41.3 Å². The van der Waals surface area contributed by atoms with Gasteiger partial charge in [0.1, 0.15) is 11.6 Å². The molecule has 1 atom stereocenters. The van der Waals surface area contributed by atoms with Crippen molar-refractivity contribution in [2.24, 2.45) is 17.4 Å². The number of aromatic nitrogens is 3. The van der Waals surface area contributed by atoms with Crippen LogP contribution in [0.2, 0.25) is 0 Å². The zero-order chi connectivity index (χ0) is 21.8. The van der Waals surface area contributed by atoms with Crippen LogP contribution in [0, 0.1) is 5.92 Å². The van der Waals surface area contributed by atoms with Gasteiger partial charge >= 0.3 is 0 Å². The number of nitrogens with zero attached hydrogens (tertiary/aromatic N) is 2. The van der Waals surface area contributed by atoms with Crippen LogP contribution in [0.5, 0.6) is 0 Å². The first-order valence-electron chi connectivity index (χ1n) is 9.36. The van der Waals surface area contributed by atoms with Crippen molar-refractivity contribution in [3.63, 3.8) is 0 Å². The summed E-state index contributed by atoms with van der Waals surface area (Å²) in [6.45, 7) is 3.87. The normalized spacial score (nSPS) is 12.0. The average Bonchev–Trinajstić information content (AvgIpc) is 2.66. The Morgan fingerprint density at radius 3 is 2.63 bits per heavy atom. The van der Waals surface area contributed by atoms with Gasteiger partial charge in [-0.05, 0) is 30.5 Å². The van der Waals surface area contributed by atoms with E-state index >= 15 is 0 Å². The number of pyridine rings is 1. The molecule has 0 spiro atoms. The number of aromatic amines is 1. The number of carbonyl (C=O) groups is 2. The highest BCUT2D eigenvalue weighted by atomic mass is 16.2. The highest BCUT2D eigenvalue weighted by Crippen LogP contribution is 2.22. The van der Waals surface area contributed by atoms with Crippen molar-refractivity contribution in [2.45, 2.75) is 26.3 Å². The van der Waals surface area contributed by atoms with Gasteiger partial charge in [0.2, 0.25) is 11.9 Å². The van der Waals surface area contributed by atoms with E-state index in [1.807, 2.05) is 32.0 Å². The van der Waals surface area contributed by atoms with Crippen molar-refractivity contribution >= 4 is 40.2 Å². The summed E-state index contributed by atoms with van der Waals surface area (Å²) in [5.74, 6) is -1.40. The molecule has 0 fully saturated rings. The van der Waals surface area contributed by atoms with Crippen molar-refractivity contribution in [1.29, 1.82) is 0 Å². The highest BCUT2D eigenvalue weighted by molar-refractivity contribution is 5.98. The summed E-state index contributed by atoms with van der Waals surface area (Å²) in [5, 5.41) is 6.70. The van der Waals surface area contributed by atoms with Crippen molar-refractivity contribution in [3.8, 4) is 0 Å². The Kier molecular flexibility index (Phi) is 5.95. The van der Waals surface area contributed by atoms with Crippen molar-refractivity contribution in [1.82, 2.24) is 15.0 Å². The lowest BCUT2D eigenvalue weighted by atomic mass is 10.0. The second-order valence-electron chi connectivity index (χ2n) is 7.27. The number of rotatable bonds is 8. The summed E-state index contributed by atoms with van der Waals surface area (Å²) in [4.78, 5) is 47.0. The fourth-order valence-corrected chi connectivity index (χ4v) is 3.02. The zero-order valence-corrected chi connectivity index (χ0v) is 16.6. The Morgan fingerprint density at radius 2 is 1.97 bits per heavy atom. The molecule has 0 saturated heterocycles. The van der Waals surface area contributed by atoms with Crippen LogP contribution < -0.4 is 27.7 Å². The van der Waals surface area contributed by atoms with E-state index in [2.05, 4.69) is 25.6 Å². The lowest BCUT2D eigenvalue weighted by Crippen LogP contribution is -2.38. The number of primary amides is 2. The third kappa shape index (κ3) is 4.72. The number of hydrogen-bond donors (Lipinski definition) is 5. The van der Waals surface area contributed by atoms with Crippen LogP contribution in [0.1, 0.15) is 30.6 Å². The van der Waals surface area contributed by atoms with Gasteiger partial charge in [0.15, 0.2) is 5.82 Å². The third-order valence-corrected chi connectivity index (χ3v) is 4.40. The number of amides is 2. The summed E-state index contributed by atoms with van der Waals surface area (Å²) >= 11 is 0. The number of H-pyrrole nitrogens is 1. The summed E-state index contributed by atoms with van der Waals surface area (Å²) in [6.07, 6.45) is 2.10. The zero-order valence-electron chi connectivity index (χ0n) is 16.6. The number of fused-ring (bicyclic) bond motifs is 1. The number of benzene rings is 1. The van der Waals surface area contributed by atoms with Crippen LogP contribution in [0.25, 0.3) is 10.9 Å². The molecule has 10 heteroatoms. The topological polar surface area (TPSA) is 169 Å². The predicted octanol–water partition coefficient (Wildman–Crippen LogP) is 1.47. The minimum absolute atomic E-state index is 0.00383. The third-order valence-electron chi connectivity index (χ3n) is 4.40. The maximum absolute atomic E-state index is 12.5. The SMILES string of the molecule is CC(C)CC(Nc1nc(Nc2ccc3cccnc3c2)c(C(N)=O)c(=O)[nH]1)C(N)=O. The Morgan fingerprint density at radius 1 is 1.20 bits per heavy atom. The Labute approximate surface area is 172 Å². The highest BCUT2D eigenvalue weighted by Gasteiger charge is 2.21. The number of anilines is 3. The summed E-state index contributed by atoms with van der Waals surface area (Å²) in [6, 6.07) is 8.34. The Hall–Kier alpha value is -3.95. The molecule has 0 aliphatic carbocycles. The molecule has 2 heterocycles. The van der Waals surface area contributed by atoms with Gasteiger partial charge in [0.05, 0.1) is 5.52 Å². The molecule has 2 aromatic heterocycles. The Balaban J connectivity index is 1.99. The van der Waals surface area contributed by atoms with Gasteiger partial charge in [-0.1, -0.05) is 26.0 Å². The number of hydrogen-bond acceptors (Lipinski definition) is 7. The standard InChI is InChI=1S/C20H23N7O3/c1-10(2)8-14(16(21)28)25-20-26-18(15(17(22)29)19(30)27-20)24-12-6-5-11-4-3-7-23-13(11)9-12/h3-7,9-10,14H,8H2,1-2H3,(H2,21,28)(H2,22,29)(H3,24,25,26,27,30). The van der Waals surface area contributed by atoms with Gasteiger partial charge < -0.3 is 22.1 Å². The van der Waals surface area contributed by atoms with E-state index in [0.717, 1.165) is 10.9 Å². The molecule has 0 saturated carbocycles. The van der Waals surface area contributed by atoms with Gasteiger partial charge in [0, 0.05) is 17.3 Å². The van der Waals surface area contributed by atoms with Crippen LogP contribution in [0.3, 0.4) is 0 Å². The quantitative estimate of drug-likeness (QED) is 0.375. The van der Waals surface area contributed by atoms with Gasteiger partial charge in [-0.15, -0.1) is 0 Å². The lowest BCUT2D eigenvalue weighted by Gasteiger charge is -2.18. The molecule has 0 bridgehead atoms. The van der Waals surface area contributed by atoms with Crippen molar-refractivity contribution < 1.29 is 9.59 Å². The smallest absolute Gasteiger partial charge is 0.267 e. The van der Waals surface area contributed by atoms with Gasteiger partial charge in [-0.25, -0.2) is 0 Å². The first-order chi connectivity index (χ1) is 14.2. The largest absolute Gasteiger partial charge is 0.368 e. The minimum atomic E-state index is -0.939. The molecule has 2 amide bonds. The number of nitrogens with one attached hydrogen (secondary N) is 3. The maximum Gasteiger partial charge on any atom is 0.267 e. The predicted molar refractivity (Wildman–Crippen MR) is 114 cm³/mol. The molecule has 3 rings (SSSR count). The Bertz CT molecular complexity index is 1160. The van der Waals surface area contributed by atoms with Crippen LogP contribution >= 0.6 is 0 Å². The van der Waals surface area contributed by atoms with E-state index in [1.54, 1.807) is 18.3 Å². The summed E-state index contributed by atoms with van der Waals surface area (Å²) in [5.41, 5.74) is 11.0. The van der Waals surface area contributed by atoms with Crippen molar-refractivity contribution in [2.75, 3.05) is 10.6 Å². The molecule has 1 unspecified atom stereocenters. The fraction of sp³-hybridized carbons (Fsp3) is 0.250. The molecule has 7 N–H and O–H groups in total. The van der Waals surface area contributed by atoms with Gasteiger partial charge in [0.25, 0.3) is 11.5 Å². The number of nitrogens with two attached hydrogens (primary N) is 2. The molecule has 0 radical (unpaired) electrons. The molecule has 0 aliphatic rings. The molecule has 30 heavy (non-hydrogen) atoms. The molecule has 10 nitrogen and oxygen atoms in total. The monoisotopic (exact) mass is 409 g/mol. The van der Waals surface area contributed by atoms with Crippen LogP contribution in [0.4, 0.5) is 17.5 Å². The molecular formula is C20H23N7O3. The van der Waals surface area contributed by atoms with Gasteiger partial charge in [-0.2, -0.15) is 4.98 Å². The molecule has 156 valence electrons. The first kappa shape index (κ1) is 20.8. The second kappa shape index (κ2) is 8.60. The van der Waals surface area contributed by atoms with E-state index in [9.17, 15) is 14.4 Å².